The van der Waals surface area contributed by atoms with E-state index in [0.717, 1.165) is 5.56 Å². The fourth-order valence-electron chi connectivity index (χ4n) is 2.12. The molecule has 1 saturated heterocycles. The second-order valence-corrected chi connectivity index (χ2v) is 6.43. The average molecular weight is 299 g/mol. The van der Waals surface area contributed by atoms with E-state index in [-0.39, 0.29) is 17.5 Å². The highest BCUT2D eigenvalue weighted by molar-refractivity contribution is 6.30. The first-order valence-electron chi connectivity index (χ1n) is 6.42. The molecule has 2 rings (SSSR count). The highest BCUT2D eigenvalue weighted by atomic mass is 35.5. The minimum absolute atomic E-state index is 0.229. The summed E-state index contributed by atoms with van der Waals surface area (Å²) in [5.41, 5.74) is 0.555. The van der Waals surface area contributed by atoms with Gasteiger partial charge in [0.05, 0.1) is 6.04 Å². The maximum atomic E-state index is 12.2. The first kappa shape index (κ1) is 15.0. The molecule has 0 bridgehead atoms. The number of amides is 2. The number of aliphatic hydroxyl groups excluding tert-OH is 1. The van der Waals surface area contributed by atoms with Gasteiger partial charge in [0.25, 0.3) is 0 Å². The Labute approximate surface area is 123 Å². The maximum absolute atomic E-state index is 12.2. The van der Waals surface area contributed by atoms with Gasteiger partial charge in [-0.05, 0) is 18.4 Å². The summed E-state index contributed by atoms with van der Waals surface area (Å²) >= 11 is 6.07. The van der Waals surface area contributed by atoms with Gasteiger partial charge in [-0.2, -0.15) is 0 Å². The Morgan fingerprint density at radius 1 is 1.35 bits per heavy atom. The second kappa shape index (κ2) is 4.86. The summed E-state index contributed by atoms with van der Waals surface area (Å²) in [6.45, 7) is 7.76. The number of aliphatic hydroxyl groups is 1. The molecule has 2 atom stereocenters. The van der Waals surface area contributed by atoms with Gasteiger partial charge in [0.15, 0.2) is 17.2 Å². The largest absolute Gasteiger partial charge is 0.371 e. The molecule has 110 valence electrons. The third-order valence-corrected chi connectivity index (χ3v) is 3.88. The minimum Gasteiger partial charge on any atom is -0.371 e. The molecular formula is C13H19ClN4O2. The fourth-order valence-corrected chi connectivity index (χ4v) is 2.49. The van der Waals surface area contributed by atoms with Gasteiger partial charge in [0, 0.05) is 12.6 Å². The summed E-state index contributed by atoms with van der Waals surface area (Å²) in [5.74, 6) is 0.313. The van der Waals surface area contributed by atoms with E-state index in [2.05, 4.69) is 10.2 Å². The fraction of sp³-hybridized carbons (Fsp3) is 0.615. The Morgan fingerprint density at radius 2 is 1.95 bits per heavy atom. The van der Waals surface area contributed by atoms with Crippen molar-refractivity contribution >= 4 is 23.4 Å². The number of hydrogen-bond acceptors (Lipinski definition) is 4. The maximum Gasteiger partial charge on any atom is 0.328 e. The van der Waals surface area contributed by atoms with Crippen LogP contribution in [-0.4, -0.2) is 45.6 Å². The molecule has 2 amide bonds. The zero-order chi connectivity index (χ0) is 15.2. The number of halogens is 1. The Hall–Kier alpha value is -1.40. The number of urea groups is 1. The van der Waals surface area contributed by atoms with Crippen molar-refractivity contribution in [3.05, 3.63) is 16.8 Å². The predicted molar refractivity (Wildman–Crippen MR) is 76.8 cm³/mol. The van der Waals surface area contributed by atoms with Crippen molar-refractivity contribution in [2.45, 2.75) is 45.4 Å². The Balaban J connectivity index is 2.47. The number of aromatic nitrogens is 2. The molecule has 2 heterocycles. The van der Waals surface area contributed by atoms with Crippen LogP contribution in [-0.2, 0) is 5.41 Å². The lowest BCUT2D eigenvalue weighted by Crippen LogP contribution is -2.36. The van der Waals surface area contributed by atoms with Crippen LogP contribution >= 0.6 is 11.6 Å². The highest BCUT2D eigenvalue weighted by Crippen LogP contribution is 2.32. The molecule has 0 spiro atoms. The van der Waals surface area contributed by atoms with Gasteiger partial charge >= 0.3 is 6.03 Å². The number of rotatable bonds is 1. The lowest BCUT2D eigenvalue weighted by Gasteiger charge is -2.23. The van der Waals surface area contributed by atoms with Crippen LogP contribution in [0.15, 0.2) is 6.07 Å². The molecule has 1 aromatic heterocycles. The Morgan fingerprint density at radius 3 is 2.40 bits per heavy atom. The van der Waals surface area contributed by atoms with Crippen LogP contribution in [0.2, 0.25) is 5.15 Å². The van der Waals surface area contributed by atoms with E-state index in [0.29, 0.717) is 11.0 Å². The number of hydrogen-bond donors (Lipinski definition) is 1. The zero-order valence-corrected chi connectivity index (χ0v) is 13.0. The molecule has 7 heteroatoms. The molecule has 20 heavy (non-hydrogen) atoms. The Bertz CT molecular complexity index is 544. The van der Waals surface area contributed by atoms with Crippen molar-refractivity contribution in [1.82, 2.24) is 15.1 Å². The number of carbonyl (C=O) groups excluding carboxylic acids is 1. The van der Waals surface area contributed by atoms with Gasteiger partial charge < -0.3 is 10.0 Å². The first-order chi connectivity index (χ1) is 9.14. The summed E-state index contributed by atoms with van der Waals surface area (Å²) in [4.78, 5) is 14.9. The van der Waals surface area contributed by atoms with Gasteiger partial charge in [-0.25, -0.2) is 9.69 Å². The predicted octanol–water partition coefficient (Wildman–Crippen LogP) is 2.01. The van der Waals surface area contributed by atoms with E-state index in [4.69, 9.17) is 11.6 Å². The minimum atomic E-state index is -0.948. The number of anilines is 1. The summed E-state index contributed by atoms with van der Waals surface area (Å²) in [6.07, 6.45) is -0.948. The van der Waals surface area contributed by atoms with E-state index in [9.17, 15) is 9.90 Å². The van der Waals surface area contributed by atoms with E-state index in [1.54, 1.807) is 20.0 Å². The van der Waals surface area contributed by atoms with Gasteiger partial charge in [0.1, 0.15) is 0 Å². The molecule has 6 nitrogen and oxygen atoms in total. The van der Waals surface area contributed by atoms with Crippen LogP contribution in [0.25, 0.3) is 0 Å². The third-order valence-electron chi connectivity index (χ3n) is 3.61. The molecule has 0 radical (unpaired) electrons. The molecule has 0 saturated carbocycles. The normalized spacial score (nSPS) is 23.6. The quantitative estimate of drug-likeness (QED) is 0.861. The molecule has 0 aromatic carbocycles. The molecule has 1 aliphatic rings. The smallest absolute Gasteiger partial charge is 0.328 e. The van der Waals surface area contributed by atoms with E-state index in [1.165, 1.54) is 9.80 Å². The van der Waals surface area contributed by atoms with E-state index >= 15 is 0 Å². The molecule has 1 fully saturated rings. The van der Waals surface area contributed by atoms with Crippen LogP contribution in [0, 0.1) is 0 Å². The summed E-state index contributed by atoms with van der Waals surface area (Å²) < 4.78 is 0. The second-order valence-electron chi connectivity index (χ2n) is 6.07. The monoisotopic (exact) mass is 298 g/mol. The summed E-state index contributed by atoms with van der Waals surface area (Å²) in [5, 5.41) is 18.3. The molecule has 2 unspecified atom stereocenters. The lowest BCUT2D eigenvalue weighted by atomic mass is 9.88. The van der Waals surface area contributed by atoms with E-state index < -0.39 is 6.23 Å². The van der Waals surface area contributed by atoms with Gasteiger partial charge in [-0.3, -0.25) is 0 Å². The van der Waals surface area contributed by atoms with Crippen molar-refractivity contribution in [3.8, 4) is 0 Å². The van der Waals surface area contributed by atoms with Gasteiger partial charge in [0.2, 0.25) is 0 Å². The van der Waals surface area contributed by atoms with Crippen LogP contribution in [0.4, 0.5) is 10.6 Å². The van der Waals surface area contributed by atoms with Gasteiger partial charge in [-0.1, -0.05) is 32.4 Å². The third kappa shape index (κ3) is 2.33. The van der Waals surface area contributed by atoms with Crippen molar-refractivity contribution in [2.24, 2.45) is 0 Å². The summed E-state index contributed by atoms with van der Waals surface area (Å²) in [7, 11) is 1.64. The van der Waals surface area contributed by atoms with E-state index in [1.807, 2.05) is 20.8 Å². The molecule has 1 N–H and O–H groups in total. The number of likely N-dealkylation sites (N-methyl/N-ethyl adjacent to an activating group) is 1. The number of carbonyl (C=O) groups is 1. The molecular weight excluding hydrogens is 280 g/mol. The lowest BCUT2D eigenvalue weighted by molar-refractivity contribution is 0.138. The first-order valence-corrected chi connectivity index (χ1v) is 6.80. The van der Waals surface area contributed by atoms with Gasteiger partial charge in [-0.15, -0.1) is 10.2 Å². The standard InChI is InChI=1S/C13H19ClN4O2/c1-7-11(19)18(12(20)17(7)5)9-6-8(13(2,3)4)10(14)16-15-9/h6-7,11,19H,1-5H3. The Kier molecular flexibility index (Phi) is 3.64. The van der Waals surface area contributed by atoms with Crippen molar-refractivity contribution in [2.75, 3.05) is 11.9 Å². The molecule has 0 aliphatic carbocycles. The van der Waals surface area contributed by atoms with Crippen LogP contribution in [0.3, 0.4) is 0 Å². The van der Waals surface area contributed by atoms with Crippen molar-refractivity contribution < 1.29 is 9.90 Å². The highest BCUT2D eigenvalue weighted by Gasteiger charge is 2.42. The van der Waals surface area contributed by atoms with Crippen LogP contribution < -0.4 is 4.90 Å². The zero-order valence-electron chi connectivity index (χ0n) is 12.3. The van der Waals surface area contributed by atoms with Crippen LogP contribution in [0.1, 0.15) is 33.3 Å². The topological polar surface area (TPSA) is 69.6 Å². The van der Waals surface area contributed by atoms with Crippen LogP contribution in [0.5, 0.6) is 0 Å². The molecule has 1 aromatic rings. The number of nitrogens with zero attached hydrogens (tertiary/aromatic N) is 4. The average Bonchev–Trinajstić information content (AvgIpc) is 2.54. The van der Waals surface area contributed by atoms with Crippen molar-refractivity contribution in [1.29, 1.82) is 0 Å². The molecule has 1 aliphatic heterocycles. The SMILES string of the molecule is CC1C(O)N(c2cc(C(C)(C)C)c(Cl)nn2)C(=O)N1C. The van der Waals surface area contributed by atoms with Crippen molar-refractivity contribution in [3.63, 3.8) is 0 Å². The summed E-state index contributed by atoms with van der Waals surface area (Å²) in [6, 6.07) is 1.10.